The largest absolute Gasteiger partial charge is 0.291 e. The van der Waals surface area contributed by atoms with E-state index in [1.54, 1.807) is 12.4 Å². The Balaban J connectivity index is 3.32. The van der Waals surface area contributed by atoms with Gasteiger partial charge in [0.2, 0.25) is 0 Å². The standard InChI is InChI=1S/C10H16N2/c1-3-5-7-11-9-10-12-8-6-4-2/h3-8H,9-10H2,1-2H3. The van der Waals surface area contributed by atoms with Gasteiger partial charge in [0, 0.05) is 12.4 Å². The van der Waals surface area contributed by atoms with Crippen LogP contribution in [0.2, 0.25) is 0 Å². The number of hydrogen-bond acceptors (Lipinski definition) is 2. The smallest absolute Gasteiger partial charge is 0.0585 e. The first-order chi connectivity index (χ1) is 5.91. The molecular weight excluding hydrogens is 148 g/mol. The van der Waals surface area contributed by atoms with E-state index in [1.165, 1.54) is 0 Å². The minimum Gasteiger partial charge on any atom is -0.291 e. The number of rotatable bonds is 5. The lowest BCUT2D eigenvalue weighted by atomic mass is 10.5. The molecule has 0 aliphatic carbocycles. The fourth-order valence-electron chi connectivity index (χ4n) is 0.558. The summed E-state index contributed by atoms with van der Waals surface area (Å²) in [5.74, 6) is 0. The summed E-state index contributed by atoms with van der Waals surface area (Å²) in [6, 6.07) is 0. The van der Waals surface area contributed by atoms with E-state index in [0.29, 0.717) is 0 Å². The molecular formula is C10H16N2. The van der Waals surface area contributed by atoms with E-state index in [0.717, 1.165) is 13.1 Å². The molecule has 2 heteroatoms. The molecule has 0 saturated heterocycles. The molecule has 0 bridgehead atoms. The molecule has 0 fully saturated rings. The second-order valence-corrected chi connectivity index (χ2v) is 2.16. The Labute approximate surface area is 74.4 Å². The van der Waals surface area contributed by atoms with Gasteiger partial charge in [0.1, 0.15) is 0 Å². The van der Waals surface area contributed by atoms with E-state index in [9.17, 15) is 0 Å². The van der Waals surface area contributed by atoms with E-state index in [1.807, 2.05) is 38.2 Å². The molecule has 0 rings (SSSR count). The summed E-state index contributed by atoms with van der Waals surface area (Å²) in [6.07, 6.45) is 11.3. The van der Waals surface area contributed by atoms with Gasteiger partial charge in [0.05, 0.1) is 13.1 Å². The number of allylic oxidation sites excluding steroid dienone is 4. The lowest BCUT2D eigenvalue weighted by Crippen LogP contribution is -1.86. The molecule has 0 aliphatic heterocycles. The Hall–Kier alpha value is -1.18. The minimum atomic E-state index is 0.762. The lowest BCUT2D eigenvalue weighted by Gasteiger charge is -1.84. The molecule has 2 nitrogen and oxygen atoms in total. The van der Waals surface area contributed by atoms with Gasteiger partial charge in [-0.3, -0.25) is 9.98 Å². The lowest BCUT2D eigenvalue weighted by molar-refractivity contribution is 0.986. The van der Waals surface area contributed by atoms with Crippen LogP contribution >= 0.6 is 0 Å². The van der Waals surface area contributed by atoms with Gasteiger partial charge >= 0.3 is 0 Å². The van der Waals surface area contributed by atoms with Crippen LogP contribution < -0.4 is 0 Å². The van der Waals surface area contributed by atoms with Crippen LogP contribution in [0.3, 0.4) is 0 Å². The van der Waals surface area contributed by atoms with Crippen molar-refractivity contribution in [3.05, 3.63) is 24.3 Å². The zero-order valence-corrected chi connectivity index (χ0v) is 7.77. The fourth-order valence-corrected chi connectivity index (χ4v) is 0.558. The molecule has 0 spiro atoms. The third kappa shape index (κ3) is 8.82. The maximum absolute atomic E-state index is 4.11. The van der Waals surface area contributed by atoms with Crippen molar-refractivity contribution in [2.75, 3.05) is 13.1 Å². The van der Waals surface area contributed by atoms with Crippen LogP contribution in [0.4, 0.5) is 0 Å². The van der Waals surface area contributed by atoms with Gasteiger partial charge in [-0.1, -0.05) is 12.2 Å². The number of aliphatic imine (C=N–C) groups is 2. The molecule has 0 aromatic carbocycles. The Bertz CT molecular complexity index is 166. The van der Waals surface area contributed by atoms with Crippen molar-refractivity contribution in [1.29, 1.82) is 0 Å². The molecule has 0 radical (unpaired) electrons. The molecule has 0 N–H and O–H groups in total. The van der Waals surface area contributed by atoms with Gasteiger partial charge in [-0.2, -0.15) is 0 Å². The zero-order chi connectivity index (χ0) is 9.07. The van der Waals surface area contributed by atoms with Crippen molar-refractivity contribution in [3.63, 3.8) is 0 Å². The summed E-state index contributed by atoms with van der Waals surface area (Å²) in [5.41, 5.74) is 0. The Morgan fingerprint density at radius 2 is 1.25 bits per heavy atom. The SMILES string of the molecule is CC=CC=NCCN=CC=CC. The van der Waals surface area contributed by atoms with Crippen molar-refractivity contribution in [2.45, 2.75) is 13.8 Å². The van der Waals surface area contributed by atoms with Crippen LogP contribution in [0.1, 0.15) is 13.8 Å². The van der Waals surface area contributed by atoms with Crippen molar-refractivity contribution < 1.29 is 0 Å². The van der Waals surface area contributed by atoms with Crippen LogP contribution in [0.15, 0.2) is 34.3 Å². The Morgan fingerprint density at radius 3 is 1.58 bits per heavy atom. The molecule has 0 saturated carbocycles. The predicted octanol–water partition coefficient (Wildman–Crippen LogP) is 2.28. The van der Waals surface area contributed by atoms with Crippen LogP contribution in [0, 0.1) is 0 Å². The molecule has 0 atom stereocenters. The normalized spacial score (nSPS) is 13.2. The summed E-state index contributed by atoms with van der Waals surface area (Å²) >= 11 is 0. The Kier molecular flexibility index (Phi) is 8.85. The molecule has 12 heavy (non-hydrogen) atoms. The van der Waals surface area contributed by atoms with Crippen LogP contribution in [0.25, 0.3) is 0 Å². The third-order valence-electron chi connectivity index (χ3n) is 1.13. The van der Waals surface area contributed by atoms with Crippen molar-refractivity contribution in [2.24, 2.45) is 9.98 Å². The molecule has 0 aromatic heterocycles. The first kappa shape index (κ1) is 10.8. The third-order valence-corrected chi connectivity index (χ3v) is 1.13. The quantitative estimate of drug-likeness (QED) is 0.440. The molecule has 0 heterocycles. The summed E-state index contributed by atoms with van der Waals surface area (Å²) in [4.78, 5) is 8.22. The monoisotopic (exact) mass is 164 g/mol. The summed E-state index contributed by atoms with van der Waals surface area (Å²) in [6.45, 7) is 5.46. The van der Waals surface area contributed by atoms with Gasteiger partial charge in [-0.05, 0) is 26.0 Å². The second kappa shape index (κ2) is 9.82. The second-order valence-electron chi connectivity index (χ2n) is 2.16. The van der Waals surface area contributed by atoms with Gasteiger partial charge in [0.15, 0.2) is 0 Å². The maximum atomic E-state index is 4.11. The average molecular weight is 164 g/mol. The first-order valence-electron chi connectivity index (χ1n) is 4.14. The highest BCUT2D eigenvalue weighted by atomic mass is 14.8. The molecule has 66 valence electrons. The fraction of sp³-hybridized carbons (Fsp3) is 0.400. The molecule has 0 amide bonds. The van der Waals surface area contributed by atoms with Crippen LogP contribution in [-0.2, 0) is 0 Å². The predicted molar refractivity (Wildman–Crippen MR) is 56.3 cm³/mol. The molecule has 0 aromatic rings. The van der Waals surface area contributed by atoms with Crippen molar-refractivity contribution in [1.82, 2.24) is 0 Å². The topological polar surface area (TPSA) is 24.7 Å². The maximum Gasteiger partial charge on any atom is 0.0585 e. The highest BCUT2D eigenvalue weighted by molar-refractivity contribution is 5.71. The van der Waals surface area contributed by atoms with Crippen LogP contribution in [-0.4, -0.2) is 25.5 Å². The minimum absolute atomic E-state index is 0.762. The van der Waals surface area contributed by atoms with Crippen LogP contribution in [0.5, 0.6) is 0 Å². The van der Waals surface area contributed by atoms with Gasteiger partial charge in [-0.15, -0.1) is 0 Å². The van der Waals surface area contributed by atoms with Gasteiger partial charge in [0.25, 0.3) is 0 Å². The van der Waals surface area contributed by atoms with E-state index >= 15 is 0 Å². The van der Waals surface area contributed by atoms with E-state index in [2.05, 4.69) is 9.98 Å². The van der Waals surface area contributed by atoms with E-state index in [4.69, 9.17) is 0 Å². The summed E-state index contributed by atoms with van der Waals surface area (Å²) in [7, 11) is 0. The zero-order valence-electron chi connectivity index (χ0n) is 7.77. The van der Waals surface area contributed by atoms with E-state index < -0.39 is 0 Å². The number of hydrogen-bond donors (Lipinski definition) is 0. The van der Waals surface area contributed by atoms with Crippen molar-refractivity contribution in [3.8, 4) is 0 Å². The first-order valence-corrected chi connectivity index (χ1v) is 4.14. The highest BCUT2D eigenvalue weighted by Gasteiger charge is 1.73. The molecule has 0 aliphatic rings. The molecule has 0 unspecified atom stereocenters. The van der Waals surface area contributed by atoms with Crippen molar-refractivity contribution >= 4 is 12.4 Å². The average Bonchev–Trinajstić information content (AvgIpc) is 2.10. The van der Waals surface area contributed by atoms with E-state index in [-0.39, 0.29) is 0 Å². The van der Waals surface area contributed by atoms with Gasteiger partial charge in [-0.25, -0.2) is 0 Å². The summed E-state index contributed by atoms with van der Waals surface area (Å²) in [5, 5.41) is 0. The highest BCUT2D eigenvalue weighted by Crippen LogP contribution is 1.74. The summed E-state index contributed by atoms with van der Waals surface area (Å²) < 4.78 is 0. The number of nitrogens with zero attached hydrogens (tertiary/aromatic N) is 2. The van der Waals surface area contributed by atoms with Gasteiger partial charge < -0.3 is 0 Å². The Morgan fingerprint density at radius 1 is 0.833 bits per heavy atom.